The number of aromatic carboxylic acids is 1. The third kappa shape index (κ3) is 2.50. The van der Waals surface area contributed by atoms with Gasteiger partial charge in [-0.1, -0.05) is 0 Å². The van der Waals surface area contributed by atoms with Crippen LogP contribution in [0.4, 0.5) is 0 Å². The summed E-state index contributed by atoms with van der Waals surface area (Å²) in [7, 11) is 0. The van der Waals surface area contributed by atoms with Crippen molar-refractivity contribution in [2.75, 3.05) is 0 Å². The van der Waals surface area contributed by atoms with Crippen molar-refractivity contribution in [1.82, 2.24) is 9.97 Å². The maximum absolute atomic E-state index is 11.0. The Morgan fingerprint density at radius 2 is 2.06 bits per heavy atom. The summed E-state index contributed by atoms with van der Waals surface area (Å²) in [4.78, 5) is 19.2. The molecule has 0 saturated carbocycles. The molecule has 0 aromatic carbocycles. The van der Waals surface area contributed by atoms with Crippen molar-refractivity contribution in [2.45, 2.75) is 6.92 Å². The summed E-state index contributed by atoms with van der Waals surface area (Å²) in [6.45, 7) is 1.92. The van der Waals surface area contributed by atoms with Gasteiger partial charge < -0.3 is 5.11 Å². The van der Waals surface area contributed by atoms with Crippen LogP contribution in [0, 0.1) is 6.92 Å². The van der Waals surface area contributed by atoms with Gasteiger partial charge in [-0.25, -0.2) is 4.79 Å². The minimum Gasteiger partial charge on any atom is -0.478 e. The molecule has 0 saturated heterocycles. The first kappa shape index (κ1) is 11.7. The fourth-order valence-electron chi connectivity index (χ4n) is 1.46. The zero-order chi connectivity index (χ0) is 12.4. The van der Waals surface area contributed by atoms with E-state index in [0.717, 1.165) is 11.1 Å². The molecule has 0 amide bonds. The fourth-order valence-corrected chi connectivity index (χ4v) is 1.84. The Hall–Kier alpha value is -1.75. The lowest BCUT2D eigenvalue weighted by Crippen LogP contribution is -1.99. The number of pyridine rings is 2. The summed E-state index contributed by atoms with van der Waals surface area (Å²) < 4.78 is 0.467. The number of nitrogens with zero attached hydrogens (tertiary/aromatic N) is 2. The monoisotopic (exact) mass is 292 g/mol. The first-order valence-electron chi connectivity index (χ1n) is 4.89. The Morgan fingerprint density at radius 3 is 2.71 bits per heavy atom. The molecule has 0 atom stereocenters. The van der Waals surface area contributed by atoms with E-state index in [2.05, 4.69) is 25.9 Å². The van der Waals surface area contributed by atoms with Gasteiger partial charge in [0.1, 0.15) is 0 Å². The second kappa shape index (κ2) is 4.63. The van der Waals surface area contributed by atoms with Crippen LogP contribution in [0.15, 0.2) is 35.2 Å². The second-order valence-corrected chi connectivity index (χ2v) is 4.46. The van der Waals surface area contributed by atoms with Crippen LogP contribution in [0.25, 0.3) is 11.3 Å². The van der Waals surface area contributed by atoms with Gasteiger partial charge >= 0.3 is 5.97 Å². The number of aromatic nitrogens is 2. The van der Waals surface area contributed by atoms with Gasteiger partial charge in [0.2, 0.25) is 0 Å². The van der Waals surface area contributed by atoms with Crippen molar-refractivity contribution < 1.29 is 9.90 Å². The molecular formula is C12H9BrN2O2. The summed E-state index contributed by atoms with van der Waals surface area (Å²) in [5.74, 6) is -0.985. The lowest BCUT2D eigenvalue weighted by molar-refractivity contribution is 0.0696. The smallest absolute Gasteiger partial charge is 0.336 e. The number of aryl methyl sites for hydroxylation is 1. The Bertz CT molecular complexity index is 584. The molecule has 2 rings (SSSR count). The lowest BCUT2D eigenvalue weighted by atomic mass is 10.1. The van der Waals surface area contributed by atoms with Gasteiger partial charge in [-0.2, -0.15) is 0 Å². The highest BCUT2D eigenvalue weighted by Crippen LogP contribution is 2.23. The van der Waals surface area contributed by atoms with E-state index in [9.17, 15) is 4.79 Å². The van der Waals surface area contributed by atoms with Gasteiger partial charge in [0.15, 0.2) is 0 Å². The number of carboxylic acid groups (broad SMARTS) is 1. The zero-order valence-electron chi connectivity index (χ0n) is 9.01. The molecule has 0 fully saturated rings. The van der Waals surface area contributed by atoms with Gasteiger partial charge in [0.05, 0.1) is 15.7 Å². The number of hydrogen-bond donors (Lipinski definition) is 1. The molecule has 2 aromatic rings. The third-order valence-corrected chi connectivity index (χ3v) is 2.89. The number of carbonyl (C=O) groups is 1. The second-order valence-electron chi connectivity index (χ2n) is 3.61. The fraction of sp³-hybridized carbons (Fsp3) is 0.0833. The molecule has 1 N–H and O–H groups in total. The predicted molar refractivity (Wildman–Crippen MR) is 66.9 cm³/mol. The van der Waals surface area contributed by atoms with Gasteiger partial charge in [-0.05, 0) is 40.5 Å². The van der Waals surface area contributed by atoms with Gasteiger partial charge in [-0.3, -0.25) is 9.97 Å². The standard InChI is InChI=1S/C12H9BrN2O2/c1-7-2-8(5-14-4-7)11-3-9(12(16)17)10(13)6-15-11/h2-6H,1H3,(H,16,17). The Morgan fingerprint density at radius 1 is 1.29 bits per heavy atom. The molecule has 86 valence electrons. The molecule has 0 unspecified atom stereocenters. The van der Waals surface area contributed by atoms with Gasteiger partial charge in [0.25, 0.3) is 0 Å². The first-order valence-corrected chi connectivity index (χ1v) is 5.68. The van der Waals surface area contributed by atoms with Crippen molar-refractivity contribution in [3.8, 4) is 11.3 Å². The van der Waals surface area contributed by atoms with Crippen LogP contribution in [0.2, 0.25) is 0 Å². The van der Waals surface area contributed by atoms with E-state index < -0.39 is 5.97 Å². The van der Waals surface area contributed by atoms with Crippen molar-refractivity contribution >= 4 is 21.9 Å². The highest BCUT2D eigenvalue weighted by molar-refractivity contribution is 9.10. The summed E-state index contributed by atoms with van der Waals surface area (Å²) in [5.41, 5.74) is 2.60. The highest BCUT2D eigenvalue weighted by Gasteiger charge is 2.11. The van der Waals surface area contributed by atoms with Crippen LogP contribution >= 0.6 is 15.9 Å². The molecule has 2 aromatic heterocycles. The molecule has 4 nitrogen and oxygen atoms in total. The van der Waals surface area contributed by atoms with E-state index in [0.29, 0.717) is 10.2 Å². The molecule has 0 radical (unpaired) electrons. The van der Waals surface area contributed by atoms with Crippen LogP contribution in [0.1, 0.15) is 15.9 Å². The number of rotatable bonds is 2. The summed E-state index contributed by atoms with van der Waals surface area (Å²) >= 11 is 3.16. The normalized spacial score (nSPS) is 10.2. The minimum atomic E-state index is -0.985. The number of halogens is 1. The predicted octanol–water partition coefficient (Wildman–Crippen LogP) is 2.91. The average Bonchev–Trinajstić information content (AvgIpc) is 2.29. The maximum Gasteiger partial charge on any atom is 0.336 e. The van der Waals surface area contributed by atoms with Crippen LogP contribution in [-0.2, 0) is 0 Å². The first-order chi connectivity index (χ1) is 8.08. The van der Waals surface area contributed by atoms with Crippen LogP contribution in [0.3, 0.4) is 0 Å². The van der Waals surface area contributed by atoms with E-state index in [1.165, 1.54) is 12.3 Å². The van der Waals surface area contributed by atoms with Gasteiger partial charge in [-0.15, -0.1) is 0 Å². The van der Waals surface area contributed by atoms with E-state index in [1.807, 2.05) is 13.0 Å². The van der Waals surface area contributed by atoms with Crippen LogP contribution in [0.5, 0.6) is 0 Å². The molecule has 0 aliphatic heterocycles. The van der Waals surface area contributed by atoms with E-state index in [1.54, 1.807) is 12.4 Å². The SMILES string of the molecule is Cc1cncc(-c2cc(C(=O)O)c(Br)cn2)c1. The maximum atomic E-state index is 11.0. The summed E-state index contributed by atoms with van der Waals surface area (Å²) in [5, 5.41) is 9.02. The minimum absolute atomic E-state index is 0.191. The number of hydrogen-bond acceptors (Lipinski definition) is 3. The Balaban J connectivity index is 2.54. The molecule has 0 aliphatic carbocycles. The Kier molecular flexibility index (Phi) is 3.19. The summed E-state index contributed by atoms with van der Waals surface area (Å²) in [6, 6.07) is 3.44. The Labute approximate surface area is 106 Å². The molecule has 0 spiro atoms. The third-order valence-electron chi connectivity index (χ3n) is 2.26. The van der Waals surface area contributed by atoms with Crippen LogP contribution < -0.4 is 0 Å². The van der Waals surface area contributed by atoms with Crippen molar-refractivity contribution in [1.29, 1.82) is 0 Å². The van der Waals surface area contributed by atoms with E-state index in [4.69, 9.17) is 5.11 Å². The zero-order valence-corrected chi connectivity index (χ0v) is 10.6. The van der Waals surface area contributed by atoms with Crippen molar-refractivity contribution in [3.05, 3.63) is 46.3 Å². The van der Waals surface area contributed by atoms with Crippen molar-refractivity contribution in [2.24, 2.45) is 0 Å². The van der Waals surface area contributed by atoms with Crippen LogP contribution in [-0.4, -0.2) is 21.0 Å². The van der Waals surface area contributed by atoms with Crippen molar-refractivity contribution in [3.63, 3.8) is 0 Å². The average molecular weight is 293 g/mol. The van der Waals surface area contributed by atoms with Gasteiger partial charge in [0, 0.05) is 24.2 Å². The summed E-state index contributed by atoms with van der Waals surface area (Å²) in [6.07, 6.45) is 4.89. The number of carboxylic acids is 1. The van der Waals surface area contributed by atoms with E-state index in [-0.39, 0.29) is 5.56 Å². The quantitative estimate of drug-likeness (QED) is 0.924. The molecular weight excluding hydrogens is 284 g/mol. The molecule has 0 aliphatic rings. The molecule has 0 bridgehead atoms. The largest absolute Gasteiger partial charge is 0.478 e. The molecule has 2 heterocycles. The molecule has 17 heavy (non-hydrogen) atoms. The lowest BCUT2D eigenvalue weighted by Gasteiger charge is -2.04. The highest BCUT2D eigenvalue weighted by atomic mass is 79.9. The topological polar surface area (TPSA) is 63.1 Å². The molecule has 5 heteroatoms. The van der Waals surface area contributed by atoms with E-state index >= 15 is 0 Å².